The summed E-state index contributed by atoms with van der Waals surface area (Å²) in [4.78, 5) is 150. The third kappa shape index (κ3) is 19.0. The SMILES string of the molecule is CN[C@H](CCNC(=O)c1cc(NC(=O)c2cc(NC(=O)c3cc4ccccc4s3)cn2C)cn1C)C(=O)NCCC(=O)Nc1cn(C)c(C(=O)Nc2cc(C(=O)NCCC(=O)Nc3cc(C(=O)Nc4cc(C(=O)NCCC(=O)NCCCN(C)C)n(C)c4)n(C)c3)n(C)c2)n1. The van der Waals surface area contributed by atoms with Gasteiger partial charge >= 0.3 is 0 Å². The number of carbonyl (C=O) groups excluding carboxylic acids is 11. The molecule has 0 unspecified atom stereocenters. The number of anilines is 6. The molecule has 32 heteroatoms. The number of fused-ring (bicyclic) bond motifs is 1. The summed E-state index contributed by atoms with van der Waals surface area (Å²) in [5.41, 5.74) is 2.89. The largest absolute Gasteiger partial charge is 0.356 e. The number of aromatic nitrogens is 7. The van der Waals surface area contributed by atoms with Crippen LogP contribution in [0.15, 0.2) is 97.8 Å². The van der Waals surface area contributed by atoms with Crippen molar-refractivity contribution >= 4 is 121 Å². The number of nitrogens with one attached hydrogen (secondary N) is 12. The number of amides is 11. The van der Waals surface area contributed by atoms with Gasteiger partial charge < -0.3 is 96.1 Å². The van der Waals surface area contributed by atoms with E-state index in [2.05, 4.69) is 68.8 Å². The first-order valence-corrected chi connectivity index (χ1v) is 31.0. The van der Waals surface area contributed by atoms with Gasteiger partial charge in [-0.05, 0) is 88.4 Å². The van der Waals surface area contributed by atoms with E-state index in [1.807, 2.05) is 49.3 Å². The number of thiophene rings is 1. The van der Waals surface area contributed by atoms with Gasteiger partial charge in [0.25, 0.3) is 41.4 Å². The van der Waals surface area contributed by atoms with Gasteiger partial charge in [0, 0.05) is 136 Å². The Morgan fingerprint density at radius 1 is 0.453 bits per heavy atom. The molecule has 0 bridgehead atoms. The lowest BCUT2D eigenvalue weighted by Crippen LogP contribution is -2.45. The highest BCUT2D eigenvalue weighted by molar-refractivity contribution is 7.20. The molecule has 0 saturated carbocycles. The second kappa shape index (κ2) is 31.9. The van der Waals surface area contributed by atoms with Gasteiger partial charge in [0.05, 0.1) is 39.4 Å². The molecule has 7 heterocycles. The number of nitrogens with zero attached hydrogens (tertiary/aromatic N) is 8. The van der Waals surface area contributed by atoms with E-state index in [1.165, 1.54) is 61.7 Å². The van der Waals surface area contributed by atoms with E-state index in [-0.39, 0.29) is 109 Å². The maximum atomic E-state index is 13.4. The smallest absolute Gasteiger partial charge is 0.291 e. The van der Waals surface area contributed by atoms with Crippen LogP contribution in [0.1, 0.15) is 105 Å². The van der Waals surface area contributed by atoms with E-state index in [1.54, 1.807) is 93.9 Å². The maximum Gasteiger partial charge on any atom is 0.291 e. The van der Waals surface area contributed by atoms with Gasteiger partial charge in [0.15, 0.2) is 5.82 Å². The number of likely N-dealkylation sites (N-methyl/N-ethyl adjacent to an activating group) is 1. The van der Waals surface area contributed by atoms with Crippen molar-refractivity contribution in [1.82, 2.24) is 69.2 Å². The van der Waals surface area contributed by atoms with Gasteiger partial charge in [-0.2, -0.15) is 0 Å². The van der Waals surface area contributed by atoms with Crippen molar-refractivity contribution in [2.45, 2.75) is 38.1 Å². The van der Waals surface area contributed by atoms with Crippen molar-refractivity contribution in [2.75, 3.05) is 92.3 Å². The molecule has 8 rings (SSSR count). The number of carbonyl (C=O) groups is 11. The topological polar surface area (TPSA) is 378 Å². The predicted molar refractivity (Wildman–Crippen MR) is 359 cm³/mol. The fourth-order valence-electron chi connectivity index (χ4n) is 10.0. The molecule has 0 aliphatic carbocycles. The summed E-state index contributed by atoms with van der Waals surface area (Å²) < 4.78 is 10.1. The number of hydrogen-bond acceptors (Lipinski definition) is 15. The van der Waals surface area contributed by atoms with Crippen molar-refractivity contribution in [3.8, 4) is 0 Å². The zero-order valence-corrected chi connectivity index (χ0v) is 54.9. The fraction of sp³-hybridized carbons (Fsp3) is 0.333. The molecule has 0 aliphatic heterocycles. The third-order valence-electron chi connectivity index (χ3n) is 14.9. The van der Waals surface area contributed by atoms with E-state index >= 15 is 0 Å². The molecule has 1 aromatic carbocycles. The van der Waals surface area contributed by atoms with Gasteiger partial charge in [0.2, 0.25) is 29.5 Å². The van der Waals surface area contributed by atoms with Crippen LogP contribution in [0.3, 0.4) is 0 Å². The Labute approximate surface area is 550 Å². The second-order valence-electron chi connectivity index (χ2n) is 22.7. The summed E-state index contributed by atoms with van der Waals surface area (Å²) in [6.45, 7) is 1.52. The minimum atomic E-state index is -0.731. The van der Waals surface area contributed by atoms with Gasteiger partial charge in [-0.1, -0.05) is 18.2 Å². The number of hydrogen-bond donors (Lipinski definition) is 12. The quantitative estimate of drug-likeness (QED) is 0.0278. The van der Waals surface area contributed by atoms with Gasteiger partial charge in [-0.25, -0.2) is 4.98 Å². The zero-order chi connectivity index (χ0) is 68.6. The summed E-state index contributed by atoms with van der Waals surface area (Å²) in [6, 6.07) is 16.3. The molecule has 12 N–H and O–H groups in total. The first-order valence-electron chi connectivity index (χ1n) is 30.2. The first kappa shape index (κ1) is 69.8. The second-order valence-corrected chi connectivity index (χ2v) is 23.8. The summed E-state index contributed by atoms with van der Waals surface area (Å²) in [6.07, 6.45) is 10.1. The molecule has 95 heavy (non-hydrogen) atoms. The Hall–Kier alpha value is -11.1. The van der Waals surface area contributed by atoms with Crippen LogP contribution in [0.4, 0.5) is 34.3 Å². The summed E-state index contributed by atoms with van der Waals surface area (Å²) in [5.74, 6) is -4.84. The minimum Gasteiger partial charge on any atom is -0.356 e. The lowest BCUT2D eigenvalue weighted by Gasteiger charge is -2.16. The minimum absolute atomic E-state index is 0.0421. The monoisotopic (exact) mass is 1320 g/mol. The van der Waals surface area contributed by atoms with Crippen molar-refractivity contribution in [3.63, 3.8) is 0 Å². The normalized spacial score (nSPS) is 11.4. The van der Waals surface area contributed by atoms with Crippen molar-refractivity contribution in [2.24, 2.45) is 42.3 Å². The molecule has 0 fully saturated rings. The molecule has 0 spiro atoms. The molecule has 8 aromatic rings. The zero-order valence-electron chi connectivity index (χ0n) is 54.1. The molecular formula is C63H78N20O11S. The average Bonchev–Trinajstić information content (AvgIpc) is 1.71. The van der Waals surface area contributed by atoms with Crippen LogP contribution in [-0.4, -0.2) is 169 Å². The number of benzene rings is 1. The molecule has 0 saturated heterocycles. The van der Waals surface area contributed by atoms with Crippen LogP contribution in [-0.2, 0) is 61.5 Å². The van der Waals surface area contributed by atoms with E-state index in [9.17, 15) is 52.7 Å². The predicted octanol–water partition coefficient (Wildman–Crippen LogP) is 3.14. The lowest BCUT2D eigenvalue weighted by molar-refractivity contribution is -0.123. The van der Waals surface area contributed by atoms with Crippen LogP contribution in [0.2, 0.25) is 0 Å². The van der Waals surface area contributed by atoms with E-state index in [0.717, 1.165) is 23.1 Å². The number of imidazole rings is 1. The Balaban J connectivity index is 0.704. The standard InChI is InChI=1S/C63H78N20O11S/c1-64-43(15-20-67-57(88)44-27-39(32-78(44)4)72-61(92)48-30-41(34-82(48)8)73-62(93)50-25-37-13-10-11-14-49(37)95-50)56(87)66-22-18-54(86)75-51-36-83(9)55(76-51)63(94)74-42-29-46(80(6)35-42)59(90)69-23-17-53(85)70-38-26-47(81(7)31-38)60(91)71-40-28-45(79(5)33-40)58(89)68-21-16-52(84)65-19-12-24-77(2)3/h10-11,13-14,25-36,43,64H,12,15-24H2,1-9H3,(H,65,84)(H,66,87)(H,67,88)(H,68,89)(H,69,90)(H,70,85)(H,71,91)(H,72,92)(H,73,93)(H,74,94)(H,75,86)/t43-/m1/s1. The highest BCUT2D eigenvalue weighted by Crippen LogP contribution is 2.27. The van der Waals surface area contributed by atoms with E-state index in [4.69, 9.17) is 0 Å². The fourth-order valence-corrected chi connectivity index (χ4v) is 11.0. The van der Waals surface area contributed by atoms with E-state index in [0.29, 0.717) is 34.2 Å². The first-order chi connectivity index (χ1) is 45.3. The Morgan fingerprint density at radius 2 is 0.884 bits per heavy atom. The van der Waals surface area contributed by atoms with Crippen molar-refractivity contribution in [3.05, 3.63) is 137 Å². The van der Waals surface area contributed by atoms with Crippen LogP contribution >= 0.6 is 11.3 Å². The lowest BCUT2D eigenvalue weighted by atomic mass is 10.2. The summed E-state index contributed by atoms with van der Waals surface area (Å²) >= 11 is 1.37. The van der Waals surface area contributed by atoms with Crippen molar-refractivity contribution in [1.29, 1.82) is 0 Å². The molecule has 7 aromatic heterocycles. The molecule has 0 radical (unpaired) electrons. The molecule has 502 valence electrons. The number of rotatable bonds is 31. The van der Waals surface area contributed by atoms with Crippen LogP contribution in [0.25, 0.3) is 10.1 Å². The summed E-state index contributed by atoms with van der Waals surface area (Å²) in [7, 11) is 15.2. The highest BCUT2D eigenvalue weighted by Gasteiger charge is 2.24. The molecular weight excluding hydrogens is 1240 g/mol. The molecule has 0 aliphatic rings. The van der Waals surface area contributed by atoms with E-state index < -0.39 is 59.2 Å². The van der Waals surface area contributed by atoms with Gasteiger partial charge in [0.1, 0.15) is 28.5 Å². The Kier molecular flexibility index (Phi) is 23.5. The average molecular weight is 1320 g/mol. The van der Waals surface area contributed by atoms with Crippen LogP contribution in [0.5, 0.6) is 0 Å². The molecule has 31 nitrogen and oxygen atoms in total. The third-order valence-corrected chi connectivity index (χ3v) is 16.0. The summed E-state index contributed by atoms with van der Waals surface area (Å²) in [5, 5.41) is 34.1. The van der Waals surface area contributed by atoms with Crippen LogP contribution in [0, 0.1) is 0 Å². The van der Waals surface area contributed by atoms with Crippen LogP contribution < -0.4 is 63.8 Å². The Bertz CT molecular complexity index is 4160. The van der Waals surface area contributed by atoms with Crippen molar-refractivity contribution < 1.29 is 52.7 Å². The maximum absolute atomic E-state index is 13.4. The highest BCUT2D eigenvalue weighted by atomic mass is 32.1. The Morgan fingerprint density at radius 3 is 1.38 bits per heavy atom. The number of aryl methyl sites for hydroxylation is 6. The molecule has 11 amide bonds. The molecule has 1 atom stereocenters. The van der Waals surface area contributed by atoms with Gasteiger partial charge in [-0.3, -0.25) is 52.7 Å². The van der Waals surface area contributed by atoms with Gasteiger partial charge in [-0.15, -0.1) is 11.3 Å².